The predicted octanol–water partition coefficient (Wildman–Crippen LogP) is 0.885. The lowest BCUT2D eigenvalue weighted by Crippen LogP contribution is -2.51. The Balaban J connectivity index is 1.78. The number of hydrogen-bond donors (Lipinski definition) is 3. The summed E-state index contributed by atoms with van der Waals surface area (Å²) in [4.78, 5) is 22.4. The van der Waals surface area contributed by atoms with E-state index in [4.69, 9.17) is 5.11 Å². The second kappa shape index (κ2) is 6.55. The van der Waals surface area contributed by atoms with Crippen molar-refractivity contribution >= 4 is 12.0 Å². The molecule has 116 valence electrons. The lowest BCUT2D eigenvalue weighted by molar-refractivity contribution is -0.137. The Morgan fingerprint density at radius 3 is 2.76 bits per heavy atom. The average molecular weight is 295 g/mol. The second-order valence-corrected chi connectivity index (χ2v) is 5.73. The van der Waals surface area contributed by atoms with Crippen LogP contribution in [0.5, 0.6) is 0 Å². The molecule has 3 N–H and O–H groups in total. The molecule has 1 aromatic heterocycles. The van der Waals surface area contributed by atoms with Gasteiger partial charge in [0, 0.05) is 5.54 Å². The van der Waals surface area contributed by atoms with Gasteiger partial charge in [-0.25, -0.2) is 9.48 Å². The number of carboxylic acids is 1. The number of amides is 2. The van der Waals surface area contributed by atoms with Crippen LogP contribution in [0.1, 0.15) is 44.7 Å². The zero-order valence-electron chi connectivity index (χ0n) is 12.1. The Labute approximate surface area is 122 Å². The molecule has 8 nitrogen and oxygen atoms in total. The van der Waals surface area contributed by atoms with E-state index in [0.29, 0.717) is 5.69 Å². The molecule has 2 rings (SSSR count). The molecule has 0 radical (unpaired) electrons. The van der Waals surface area contributed by atoms with E-state index >= 15 is 0 Å². The van der Waals surface area contributed by atoms with Gasteiger partial charge in [-0.2, -0.15) is 0 Å². The zero-order valence-corrected chi connectivity index (χ0v) is 12.1. The van der Waals surface area contributed by atoms with Crippen molar-refractivity contribution in [2.24, 2.45) is 0 Å². The van der Waals surface area contributed by atoms with E-state index in [1.807, 2.05) is 0 Å². The van der Waals surface area contributed by atoms with E-state index in [1.165, 1.54) is 17.3 Å². The summed E-state index contributed by atoms with van der Waals surface area (Å²) in [6, 6.07) is -0.229. The monoisotopic (exact) mass is 295 g/mol. The fourth-order valence-electron chi connectivity index (χ4n) is 2.58. The molecular formula is C13H21N5O3. The molecule has 8 heteroatoms. The molecule has 1 aliphatic carbocycles. The minimum Gasteiger partial charge on any atom is -0.480 e. The summed E-state index contributed by atoms with van der Waals surface area (Å²) >= 11 is 0. The van der Waals surface area contributed by atoms with Crippen LogP contribution in [0, 0.1) is 0 Å². The normalized spacial score (nSPS) is 17.2. The fraction of sp³-hybridized carbons (Fsp3) is 0.692. The van der Waals surface area contributed by atoms with Gasteiger partial charge in [-0.05, 0) is 19.8 Å². The maximum absolute atomic E-state index is 11.9. The molecule has 0 aromatic carbocycles. The van der Waals surface area contributed by atoms with Crippen molar-refractivity contribution < 1.29 is 14.7 Å². The highest BCUT2D eigenvalue weighted by molar-refractivity contribution is 5.74. The van der Waals surface area contributed by atoms with Gasteiger partial charge in [-0.1, -0.05) is 24.5 Å². The Morgan fingerprint density at radius 2 is 2.10 bits per heavy atom. The summed E-state index contributed by atoms with van der Waals surface area (Å²) in [6.45, 7) is 2.05. The summed E-state index contributed by atoms with van der Waals surface area (Å²) in [5.41, 5.74) is 0.392. The SMILES string of the molecule is CC1(NC(=O)NCc2cn(CC(=O)O)nn2)CCCCC1. The quantitative estimate of drug-likeness (QED) is 0.747. The summed E-state index contributed by atoms with van der Waals surface area (Å²) in [5.74, 6) is -0.984. The van der Waals surface area contributed by atoms with Crippen molar-refractivity contribution in [3.8, 4) is 0 Å². The molecule has 1 fully saturated rings. The maximum atomic E-state index is 11.9. The van der Waals surface area contributed by atoms with Crippen LogP contribution in [0.15, 0.2) is 6.20 Å². The Morgan fingerprint density at radius 1 is 1.38 bits per heavy atom. The Kier molecular flexibility index (Phi) is 4.77. The number of nitrogens with zero attached hydrogens (tertiary/aromatic N) is 3. The van der Waals surface area contributed by atoms with Gasteiger partial charge in [0.15, 0.2) is 0 Å². The van der Waals surface area contributed by atoms with Gasteiger partial charge in [0.1, 0.15) is 12.2 Å². The van der Waals surface area contributed by atoms with Crippen LogP contribution in [-0.2, 0) is 17.9 Å². The first kappa shape index (κ1) is 15.3. The smallest absolute Gasteiger partial charge is 0.325 e. The number of aromatic nitrogens is 3. The van der Waals surface area contributed by atoms with Gasteiger partial charge >= 0.3 is 12.0 Å². The van der Waals surface area contributed by atoms with Gasteiger partial charge < -0.3 is 15.7 Å². The van der Waals surface area contributed by atoms with Crippen LogP contribution in [0.4, 0.5) is 4.79 Å². The lowest BCUT2D eigenvalue weighted by Gasteiger charge is -2.34. The van der Waals surface area contributed by atoms with Crippen molar-refractivity contribution in [3.63, 3.8) is 0 Å². The third-order valence-corrected chi connectivity index (χ3v) is 3.69. The Hall–Kier alpha value is -2.12. The molecule has 1 aromatic rings. The number of carbonyl (C=O) groups excluding carboxylic acids is 1. The van der Waals surface area contributed by atoms with E-state index in [1.54, 1.807) is 0 Å². The van der Waals surface area contributed by atoms with Crippen LogP contribution >= 0.6 is 0 Å². The van der Waals surface area contributed by atoms with Crippen molar-refractivity contribution in [2.45, 2.75) is 57.7 Å². The number of rotatable bonds is 5. The number of nitrogens with one attached hydrogen (secondary N) is 2. The standard InChI is InChI=1S/C13H21N5O3/c1-13(5-3-2-4-6-13)15-12(21)14-7-10-8-18(17-16-10)9-11(19)20/h8H,2-7,9H2,1H3,(H,19,20)(H2,14,15,21). The van der Waals surface area contributed by atoms with Gasteiger partial charge in [-0.15, -0.1) is 5.10 Å². The summed E-state index contributed by atoms with van der Waals surface area (Å²) in [5, 5.41) is 21.9. The molecule has 1 aliphatic rings. The molecule has 0 saturated heterocycles. The highest BCUT2D eigenvalue weighted by Crippen LogP contribution is 2.27. The average Bonchev–Trinajstić information content (AvgIpc) is 2.83. The van der Waals surface area contributed by atoms with Crippen LogP contribution < -0.4 is 10.6 Å². The van der Waals surface area contributed by atoms with E-state index in [2.05, 4.69) is 27.9 Å². The van der Waals surface area contributed by atoms with Gasteiger partial charge in [-0.3, -0.25) is 4.79 Å². The third-order valence-electron chi connectivity index (χ3n) is 3.69. The number of carbonyl (C=O) groups is 2. The fourth-order valence-corrected chi connectivity index (χ4v) is 2.58. The molecule has 0 spiro atoms. The molecule has 1 heterocycles. The van der Waals surface area contributed by atoms with Crippen LogP contribution in [-0.4, -0.2) is 37.6 Å². The molecule has 0 unspecified atom stereocenters. The highest BCUT2D eigenvalue weighted by Gasteiger charge is 2.28. The summed E-state index contributed by atoms with van der Waals surface area (Å²) in [6.07, 6.45) is 7.01. The summed E-state index contributed by atoms with van der Waals surface area (Å²) < 4.78 is 1.22. The third kappa shape index (κ3) is 4.73. The van der Waals surface area contributed by atoms with Gasteiger partial charge in [0.05, 0.1) is 12.7 Å². The van der Waals surface area contributed by atoms with Crippen LogP contribution in [0.25, 0.3) is 0 Å². The molecule has 2 amide bonds. The van der Waals surface area contributed by atoms with Crippen molar-refractivity contribution in [1.82, 2.24) is 25.6 Å². The molecule has 0 aliphatic heterocycles. The van der Waals surface area contributed by atoms with E-state index < -0.39 is 5.97 Å². The lowest BCUT2D eigenvalue weighted by atomic mass is 9.83. The van der Waals surface area contributed by atoms with Crippen molar-refractivity contribution in [2.75, 3.05) is 0 Å². The molecule has 0 bridgehead atoms. The molecule has 21 heavy (non-hydrogen) atoms. The summed E-state index contributed by atoms with van der Waals surface area (Å²) in [7, 11) is 0. The van der Waals surface area contributed by atoms with E-state index in [9.17, 15) is 9.59 Å². The first-order chi connectivity index (χ1) is 9.97. The van der Waals surface area contributed by atoms with Crippen LogP contribution in [0.3, 0.4) is 0 Å². The molecular weight excluding hydrogens is 274 g/mol. The number of hydrogen-bond acceptors (Lipinski definition) is 4. The van der Waals surface area contributed by atoms with Gasteiger partial charge in [0.25, 0.3) is 0 Å². The first-order valence-corrected chi connectivity index (χ1v) is 7.14. The Bertz CT molecular complexity index is 508. The van der Waals surface area contributed by atoms with E-state index in [0.717, 1.165) is 25.7 Å². The largest absolute Gasteiger partial charge is 0.480 e. The first-order valence-electron chi connectivity index (χ1n) is 7.14. The minimum absolute atomic E-state index is 0.136. The van der Waals surface area contributed by atoms with Crippen LogP contribution in [0.2, 0.25) is 0 Å². The maximum Gasteiger partial charge on any atom is 0.325 e. The molecule has 0 atom stereocenters. The van der Waals surface area contributed by atoms with Gasteiger partial charge in [0.2, 0.25) is 0 Å². The number of urea groups is 1. The predicted molar refractivity (Wildman–Crippen MR) is 74.5 cm³/mol. The minimum atomic E-state index is -0.984. The number of aliphatic carboxylic acids is 1. The number of carboxylic acid groups (broad SMARTS) is 1. The highest BCUT2D eigenvalue weighted by atomic mass is 16.4. The zero-order chi connectivity index (χ0) is 15.3. The topological polar surface area (TPSA) is 109 Å². The van der Waals surface area contributed by atoms with Crippen molar-refractivity contribution in [3.05, 3.63) is 11.9 Å². The second-order valence-electron chi connectivity index (χ2n) is 5.73. The van der Waals surface area contributed by atoms with E-state index in [-0.39, 0.29) is 24.7 Å². The molecule has 1 saturated carbocycles. The van der Waals surface area contributed by atoms with Crippen molar-refractivity contribution in [1.29, 1.82) is 0 Å².